The molecule has 0 spiro atoms. The smallest absolute Gasteiger partial charge is 0.235 e. The zero-order valence-corrected chi connectivity index (χ0v) is 10.8. The molecule has 1 aromatic rings. The molecule has 0 amide bonds. The standard InChI is InChI=1S/C13H13ClFNO2/c1-18-12-9(4-5-10(15)11(12)14)13(16-8-17)6-2-3-7-13/h4-5H,2-3,6-7H2,1H3. The minimum atomic E-state index is -0.662. The number of rotatable bonds is 3. The van der Waals surface area contributed by atoms with E-state index in [1.807, 2.05) is 0 Å². The third-order valence-electron chi connectivity index (χ3n) is 3.45. The van der Waals surface area contributed by atoms with Crippen LogP contribution < -0.4 is 4.74 Å². The fourth-order valence-corrected chi connectivity index (χ4v) is 2.83. The Kier molecular flexibility index (Phi) is 3.69. The van der Waals surface area contributed by atoms with Crippen LogP contribution in [0.25, 0.3) is 0 Å². The summed E-state index contributed by atoms with van der Waals surface area (Å²) in [5.41, 5.74) is 0.00185. The van der Waals surface area contributed by atoms with E-state index >= 15 is 0 Å². The molecule has 1 fully saturated rings. The molecule has 1 aliphatic rings. The van der Waals surface area contributed by atoms with Crippen LogP contribution in [0.3, 0.4) is 0 Å². The molecular formula is C13H13ClFNO2. The third-order valence-corrected chi connectivity index (χ3v) is 3.80. The summed E-state index contributed by atoms with van der Waals surface area (Å²) in [5.74, 6) is -0.280. The predicted molar refractivity (Wildman–Crippen MR) is 66.2 cm³/mol. The second kappa shape index (κ2) is 5.09. The summed E-state index contributed by atoms with van der Waals surface area (Å²) in [7, 11) is 1.43. The summed E-state index contributed by atoms with van der Waals surface area (Å²) < 4.78 is 18.6. The van der Waals surface area contributed by atoms with Gasteiger partial charge < -0.3 is 4.74 Å². The molecule has 0 N–H and O–H groups in total. The summed E-state index contributed by atoms with van der Waals surface area (Å²) in [4.78, 5) is 14.6. The van der Waals surface area contributed by atoms with Gasteiger partial charge in [-0.25, -0.2) is 9.18 Å². The molecule has 0 radical (unpaired) electrons. The Labute approximate surface area is 110 Å². The van der Waals surface area contributed by atoms with Crippen molar-refractivity contribution in [3.63, 3.8) is 0 Å². The summed E-state index contributed by atoms with van der Waals surface area (Å²) in [5, 5.41) is -0.0672. The monoisotopic (exact) mass is 269 g/mol. The molecule has 1 aliphatic carbocycles. The van der Waals surface area contributed by atoms with Crippen LogP contribution in [0.1, 0.15) is 31.2 Å². The molecule has 3 nitrogen and oxygen atoms in total. The van der Waals surface area contributed by atoms with Crippen LogP contribution >= 0.6 is 11.6 Å². The maximum absolute atomic E-state index is 13.4. The zero-order valence-electron chi connectivity index (χ0n) is 10.0. The quantitative estimate of drug-likeness (QED) is 0.621. The van der Waals surface area contributed by atoms with Crippen molar-refractivity contribution < 1.29 is 13.9 Å². The Hall–Kier alpha value is -1.38. The number of methoxy groups -OCH3 is 1. The number of hydrogen-bond donors (Lipinski definition) is 0. The lowest BCUT2D eigenvalue weighted by atomic mass is 9.88. The molecule has 0 bridgehead atoms. The fraction of sp³-hybridized carbons (Fsp3) is 0.462. The Morgan fingerprint density at radius 2 is 2.11 bits per heavy atom. The minimum Gasteiger partial charge on any atom is -0.495 e. The number of halogens is 2. The van der Waals surface area contributed by atoms with E-state index in [1.54, 1.807) is 12.1 Å². The number of isocyanates is 1. The van der Waals surface area contributed by atoms with E-state index in [4.69, 9.17) is 16.3 Å². The van der Waals surface area contributed by atoms with Crippen molar-refractivity contribution in [3.05, 3.63) is 28.5 Å². The first-order chi connectivity index (χ1) is 8.64. The molecule has 0 aliphatic heterocycles. The van der Waals surface area contributed by atoms with Gasteiger partial charge in [0, 0.05) is 5.56 Å². The van der Waals surface area contributed by atoms with E-state index in [9.17, 15) is 9.18 Å². The second-order valence-corrected chi connectivity index (χ2v) is 4.76. The van der Waals surface area contributed by atoms with Crippen molar-refractivity contribution >= 4 is 17.7 Å². The molecule has 1 saturated carbocycles. The molecular weight excluding hydrogens is 257 g/mol. The molecule has 0 atom stereocenters. The van der Waals surface area contributed by atoms with Gasteiger partial charge in [-0.3, -0.25) is 0 Å². The van der Waals surface area contributed by atoms with Crippen LogP contribution in [-0.4, -0.2) is 13.2 Å². The van der Waals surface area contributed by atoms with Crippen LogP contribution in [0.5, 0.6) is 5.75 Å². The molecule has 0 heterocycles. The Balaban J connectivity index is 2.62. The van der Waals surface area contributed by atoms with Crippen LogP contribution in [0.4, 0.5) is 4.39 Å². The molecule has 2 rings (SSSR count). The fourth-order valence-electron chi connectivity index (χ4n) is 2.59. The zero-order chi connectivity index (χ0) is 13.2. The molecule has 0 unspecified atom stereocenters. The van der Waals surface area contributed by atoms with E-state index in [1.165, 1.54) is 13.2 Å². The van der Waals surface area contributed by atoms with E-state index in [0.29, 0.717) is 5.56 Å². The van der Waals surface area contributed by atoms with Crippen molar-refractivity contribution in [2.24, 2.45) is 4.99 Å². The molecule has 0 saturated heterocycles. The van der Waals surface area contributed by atoms with Gasteiger partial charge in [-0.1, -0.05) is 24.4 Å². The second-order valence-electron chi connectivity index (χ2n) is 4.38. The van der Waals surface area contributed by atoms with Crippen molar-refractivity contribution in [1.29, 1.82) is 0 Å². The highest BCUT2D eigenvalue weighted by molar-refractivity contribution is 6.32. The molecule has 18 heavy (non-hydrogen) atoms. The van der Waals surface area contributed by atoms with Gasteiger partial charge in [0.05, 0.1) is 7.11 Å². The number of nitrogens with zero attached hydrogens (tertiary/aromatic N) is 1. The lowest BCUT2D eigenvalue weighted by Crippen LogP contribution is -2.20. The van der Waals surface area contributed by atoms with Crippen molar-refractivity contribution in [3.8, 4) is 5.75 Å². The number of carbonyl (C=O) groups excluding carboxylic acids is 1. The van der Waals surface area contributed by atoms with Gasteiger partial charge in [-0.15, -0.1) is 0 Å². The number of ether oxygens (including phenoxy) is 1. The van der Waals surface area contributed by atoms with Gasteiger partial charge in [-0.05, 0) is 25.0 Å². The minimum absolute atomic E-state index is 0.0672. The van der Waals surface area contributed by atoms with E-state index in [2.05, 4.69) is 4.99 Å². The summed E-state index contributed by atoms with van der Waals surface area (Å²) in [6.45, 7) is 0. The van der Waals surface area contributed by atoms with Gasteiger partial charge in [-0.2, -0.15) is 4.99 Å². The maximum atomic E-state index is 13.4. The highest BCUT2D eigenvalue weighted by Gasteiger charge is 2.39. The summed E-state index contributed by atoms with van der Waals surface area (Å²) in [6.07, 6.45) is 4.99. The average Bonchev–Trinajstić information content (AvgIpc) is 2.82. The Morgan fingerprint density at radius 3 is 2.67 bits per heavy atom. The first-order valence-corrected chi connectivity index (χ1v) is 6.14. The first-order valence-electron chi connectivity index (χ1n) is 5.76. The van der Waals surface area contributed by atoms with Crippen LogP contribution in [0.2, 0.25) is 5.02 Å². The highest BCUT2D eigenvalue weighted by atomic mass is 35.5. The lowest BCUT2D eigenvalue weighted by molar-refractivity contribution is 0.376. The average molecular weight is 270 g/mol. The van der Waals surface area contributed by atoms with Gasteiger partial charge in [0.2, 0.25) is 6.08 Å². The van der Waals surface area contributed by atoms with Crippen LogP contribution in [0.15, 0.2) is 17.1 Å². The Bertz CT molecular complexity index is 506. The van der Waals surface area contributed by atoms with Crippen LogP contribution in [-0.2, 0) is 10.3 Å². The van der Waals surface area contributed by atoms with Crippen molar-refractivity contribution in [1.82, 2.24) is 0 Å². The summed E-state index contributed by atoms with van der Waals surface area (Å²) >= 11 is 5.90. The first kappa shape index (κ1) is 13.1. The van der Waals surface area contributed by atoms with E-state index in [-0.39, 0.29) is 10.8 Å². The number of hydrogen-bond acceptors (Lipinski definition) is 3. The van der Waals surface area contributed by atoms with Crippen molar-refractivity contribution in [2.45, 2.75) is 31.2 Å². The van der Waals surface area contributed by atoms with E-state index < -0.39 is 11.4 Å². The van der Waals surface area contributed by atoms with Crippen molar-refractivity contribution in [2.75, 3.05) is 7.11 Å². The maximum Gasteiger partial charge on any atom is 0.235 e. The summed E-state index contributed by atoms with van der Waals surface area (Å²) in [6, 6.07) is 2.87. The molecule has 1 aromatic carbocycles. The van der Waals surface area contributed by atoms with Gasteiger partial charge >= 0.3 is 0 Å². The Morgan fingerprint density at radius 1 is 1.44 bits per heavy atom. The largest absolute Gasteiger partial charge is 0.495 e. The van der Waals surface area contributed by atoms with Gasteiger partial charge in [0.15, 0.2) is 0 Å². The topological polar surface area (TPSA) is 38.7 Å². The van der Waals surface area contributed by atoms with Gasteiger partial charge in [0.1, 0.15) is 22.1 Å². The normalized spacial score (nSPS) is 17.3. The molecule has 0 aromatic heterocycles. The van der Waals surface area contributed by atoms with E-state index in [0.717, 1.165) is 25.7 Å². The van der Waals surface area contributed by atoms with Gasteiger partial charge in [0.25, 0.3) is 0 Å². The highest BCUT2D eigenvalue weighted by Crippen LogP contribution is 2.47. The lowest BCUT2D eigenvalue weighted by Gasteiger charge is -2.25. The van der Waals surface area contributed by atoms with Crippen LogP contribution in [0, 0.1) is 5.82 Å². The number of aliphatic imine (C=N–C) groups is 1. The molecule has 96 valence electrons. The predicted octanol–water partition coefficient (Wildman–Crippen LogP) is 3.59. The SMILES string of the molecule is COc1c(C2(N=C=O)CCCC2)ccc(F)c1Cl. The molecule has 5 heteroatoms. The third kappa shape index (κ3) is 2.02. The number of benzene rings is 1.